The van der Waals surface area contributed by atoms with E-state index in [0.717, 1.165) is 24.8 Å². The smallest absolute Gasteiger partial charge is 0.0724 e. The molecule has 0 aromatic heterocycles. The van der Waals surface area contributed by atoms with Gasteiger partial charge in [-0.25, -0.2) is 0 Å². The maximum absolute atomic E-state index is 9.29. The highest BCUT2D eigenvalue weighted by molar-refractivity contribution is 5.01. The molecular weight excluding hydrogens is 140 g/mol. The van der Waals surface area contributed by atoms with E-state index >= 15 is 0 Å². The van der Waals surface area contributed by atoms with Crippen molar-refractivity contribution in [1.29, 1.82) is 0 Å². The average Bonchev–Trinajstić information content (AvgIpc) is 2.00. The van der Waals surface area contributed by atoms with Gasteiger partial charge < -0.3 is 10.2 Å². The van der Waals surface area contributed by atoms with Crippen LogP contribution in [0.2, 0.25) is 0 Å². The Morgan fingerprint density at radius 3 is 2.64 bits per heavy atom. The minimum atomic E-state index is -0.373. The summed E-state index contributed by atoms with van der Waals surface area (Å²) >= 11 is 0. The summed E-state index contributed by atoms with van der Waals surface area (Å²) in [4.78, 5) is 0. The quantitative estimate of drug-likeness (QED) is 0.595. The molecule has 2 heteroatoms. The second kappa shape index (κ2) is 6.38. The van der Waals surface area contributed by atoms with Gasteiger partial charge in [-0.2, -0.15) is 0 Å². The van der Waals surface area contributed by atoms with Crippen molar-refractivity contribution in [3.8, 4) is 0 Å². The first-order valence-electron chi connectivity index (χ1n) is 4.17. The molecule has 0 fully saturated rings. The van der Waals surface area contributed by atoms with Gasteiger partial charge in [-0.05, 0) is 18.9 Å². The van der Waals surface area contributed by atoms with Gasteiger partial charge >= 0.3 is 0 Å². The molecule has 0 rings (SSSR count). The van der Waals surface area contributed by atoms with Gasteiger partial charge in [-0.15, -0.1) is 0 Å². The van der Waals surface area contributed by atoms with Gasteiger partial charge in [0, 0.05) is 0 Å². The molecule has 0 aromatic rings. The van der Waals surface area contributed by atoms with Crippen LogP contribution in [0.4, 0.5) is 0 Å². The molecule has 0 aliphatic heterocycles. The van der Waals surface area contributed by atoms with Crippen LogP contribution in [-0.4, -0.2) is 22.9 Å². The SMILES string of the molecule is CCCCC(O)C=C(C)CO. The summed E-state index contributed by atoms with van der Waals surface area (Å²) in [6, 6.07) is 0. The summed E-state index contributed by atoms with van der Waals surface area (Å²) in [6.45, 7) is 3.95. The lowest BCUT2D eigenvalue weighted by molar-refractivity contribution is 0.206. The number of rotatable bonds is 5. The van der Waals surface area contributed by atoms with Crippen LogP contribution in [0.15, 0.2) is 11.6 Å². The Kier molecular flexibility index (Phi) is 6.18. The van der Waals surface area contributed by atoms with E-state index in [4.69, 9.17) is 5.11 Å². The van der Waals surface area contributed by atoms with Gasteiger partial charge in [0.15, 0.2) is 0 Å². The summed E-state index contributed by atoms with van der Waals surface area (Å²) in [6.07, 6.45) is 4.28. The van der Waals surface area contributed by atoms with Crippen molar-refractivity contribution in [2.75, 3.05) is 6.61 Å². The largest absolute Gasteiger partial charge is 0.392 e. The minimum Gasteiger partial charge on any atom is -0.392 e. The highest BCUT2D eigenvalue weighted by Crippen LogP contribution is 2.03. The third-order valence-corrected chi connectivity index (χ3v) is 1.58. The van der Waals surface area contributed by atoms with Crippen LogP contribution >= 0.6 is 0 Å². The fraction of sp³-hybridized carbons (Fsp3) is 0.778. The summed E-state index contributed by atoms with van der Waals surface area (Å²) < 4.78 is 0. The van der Waals surface area contributed by atoms with E-state index in [-0.39, 0.29) is 12.7 Å². The highest BCUT2D eigenvalue weighted by atomic mass is 16.3. The van der Waals surface area contributed by atoms with E-state index < -0.39 is 0 Å². The first-order valence-corrected chi connectivity index (χ1v) is 4.17. The normalized spacial score (nSPS) is 15.1. The Morgan fingerprint density at radius 2 is 2.18 bits per heavy atom. The van der Waals surface area contributed by atoms with Crippen LogP contribution in [0.3, 0.4) is 0 Å². The molecule has 1 unspecified atom stereocenters. The van der Waals surface area contributed by atoms with Crippen molar-refractivity contribution in [3.05, 3.63) is 11.6 Å². The molecule has 0 spiro atoms. The summed E-state index contributed by atoms with van der Waals surface area (Å²) in [5, 5.41) is 17.9. The Hall–Kier alpha value is -0.340. The zero-order valence-electron chi connectivity index (χ0n) is 7.38. The summed E-state index contributed by atoms with van der Waals surface area (Å²) in [5.41, 5.74) is 0.841. The average molecular weight is 158 g/mol. The molecular formula is C9H18O2. The van der Waals surface area contributed by atoms with Crippen LogP contribution < -0.4 is 0 Å². The summed E-state index contributed by atoms with van der Waals surface area (Å²) in [5.74, 6) is 0. The van der Waals surface area contributed by atoms with Gasteiger partial charge in [0.1, 0.15) is 0 Å². The van der Waals surface area contributed by atoms with Crippen LogP contribution in [0, 0.1) is 0 Å². The lowest BCUT2D eigenvalue weighted by atomic mass is 10.1. The first-order chi connectivity index (χ1) is 5.20. The van der Waals surface area contributed by atoms with E-state index in [0.29, 0.717) is 0 Å². The number of unbranched alkanes of at least 4 members (excludes halogenated alkanes) is 1. The van der Waals surface area contributed by atoms with Crippen molar-refractivity contribution >= 4 is 0 Å². The third-order valence-electron chi connectivity index (χ3n) is 1.58. The molecule has 2 N–H and O–H groups in total. The molecule has 0 aliphatic rings. The van der Waals surface area contributed by atoms with Gasteiger partial charge in [0.05, 0.1) is 12.7 Å². The molecule has 0 bridgehead atoms. The van der Waals surface area contributed by atoms with Crippen LogP contribution in [0.1, 0.15) is 33.1 Å². The molecule has 1 atom stereocenters. The van der Waals surface area contributed by atoms with Gasteiger partial charge in [-0.1, -0.05) is 25.8 Å². The Labute approximate surface area is 68.6 Å². The van der Waals surface area contributed by atoms with E-state index in [2.05, 4.69) is 6.92 Å². The monoisotopic (exact) mass is 158 g/mol. The molecule has 0 saturated heterocycles. The topological polar surface area (TPSA) is 40.5 Å². The van der Waals surface area contributed by atoms with Crippen molar-refractivity contribution in [2.45, 2.75) is 39.2 Å². The van der Waals surface area contributed by atoms with Crippen LogP contribution in [0.5, 0.6) is 0 Å². The lowest BCUT2D eigenvalue weighted by Gasteiger charge is -2.04. The van der Waals surface area contributed by atoms with E-state index in [1.807, 2.05) is 6.92 Å². The number of aliphatic hydroxyl groups is 2. The van der Waals surface area contributed by atoms with Gasteiger partial charge in [-0.3, -0.25) is 0 Å². The van der Waals surface area contributed by atoms with Gasteiger partial charge in [0.2, 0.25) is 0 Å². The Morgan fingerprint density at radius 1 is 1.55 bits per heavy atom. The number of aliphatic hydroxyl groups excluding tert-OH is 2. The molecule has 0 aliphatic carbocycles. The third kappa shape index (κ3) is 6.07. The fourth-order valence-electron chi connectivity index (χ4n) is 0.878. The van der Waals surface area contributed by atoms with Crippen molar-refractivity contribution in [3.63, 3.8) is 0 Å². The molecule has 0 saturated carbocycles. The van der Waals surface area contributed by atoms with Gasteiger partial charge in [0.25, 0.3) is 0 Å². The molecule has 0 heterocycles. The second-order valence-corrected chi connectivity index (χ2v) is 2.88. The second-order valence-electron chi connectivity index (χ2n) is 2.88. The zero-order valence-corrected chi connectivity index (χ0v) is 7.38. The molecule has 11 heavy (non-hydrogen) atoms. The molecule has 0 radical (unpaired) electrons. The summed E-state index contributed by atoms with van der Waals surface area (Å²) in [7, 11) is 0. The van der Waals surface area contributed by atoms with Crippen LogP contribution in [0.25, 0.3) is 0 Å². The Balaban J connectivity index is 3.57. The number of hydrogen-bond acceptors (Lipinski definition) is 2. The van der Waals surface area contributed by atoms with E-state index in [1.165, 1.54) is 0 Å². The zero-order chi connectivity index (χ0) is 8.69. The maximum atomic E-state index is 9.29. The fourth-order valence-corrected chi connectivity index (χ4v) is 0.878. The molecule has 0 aromatic carbocycles. The minimum absolute atomic E-state index is 0.0448. The highest BCUT2D eigenvalue weighted by Gasteiger charge is 1.98. The predicted molar refractivity (Wildman–Crippen MR) is 46.4 cm³/mol. The van der Waals surface area contributed by atoms with E-state index in [9.17, 15) is 5.11 Å². The standard InChI is InChI=1S/C9H18O2/c1-3-4-5-9(11)6-8(2)7-10/h6,9-11H,3-5,7H2,1-2H3. The molecule has 66 valence electrons. The maximum Gasteiger partial charge on any atom is 0.0724 e. The molecule has 2 nitrogen and oxygen atoms in total. The predicted octanol–water partition coefficient (Wildman–Crippen LogP) is 1.48. The van der Waals surface area contributed by atoms with Crippen molar-refractivity contribution in [1.82, 2.24) is 0 Å². The Bertz CT molecular complexity index is 119. The van der Waals surface area contributed by atoms with Crippen molar-refractivity contribution < 1.29 is 10.2 Å². The lowest BCUT2D eigenvalue weighted by Crippen LogP contribution is -2.03. The first kappa shape index (κ1) is 10.7. The van der Waals surface area contributed by atoms with Crippen LogP contribution in [-0.2, 0) is 0 Å². The number of hydrogen-bond donors (Lipinski definition) is 2. The van der Waals surface area contributed by atoms with E-state index in [1.54, 1.807) is 6.08 Å². The van der Waals surface area contributed by atoms with Crippen molar-refractivity contribution in [2.24, 2.45) is 0 Å². The molecule has 0 amide bonds.